The SMILES string of the molecule is CCc1nnc(NC(C)C2CCCCC2)nc1CC. The molecule has 0 amide bonds. The van der Waals surface area contributed by atoms with E-state index in [1.807, 2.05) is 0 Å². The summed E-state index contributed by atoms with van der Waals surface area (Å²) < 4.78 is 0. The molecule has 1 atom stereocenters. The molecule has 0 radical (unpaired) electrons. The highest BCUT2D eigenvalue weighted by Gasteiger charge is 2.20. The normalized spacial score (nSPS) is 18.3. The fourth-order valence-electron chi connectivity index (χ4n) is 2.95. The number of nitrogens with one attached hydrogen (secondary N) is 1. The summed E-state index contributed by atoms with van der Waals surface area (Å²) >= 11 is 0. The summed E-state index contributed by atoms with van der Waals surface area (Å²) in [5.41, 5.74) is 2.11. The van der Waals surface area contributed by atoms with Gasteiger partial charge < -0.3 is 5.32 Å². The van der Waals surface area contributed by atoms with E-state index in [1.165, 1.54) is 32.1 Å². The molecule has 2 rings (SSSR count). The van der Waals surface area contributed by atoms with Crippen LogP contribution >= 0.6 is 0 Å². The maximum atomic E-state index is 4.61. The first-order valence-corrected chi connectivity index (χ1v) is 7.73. The Morgan fingerprint density at radius 3 is 2.37 bits per heavy atom. The summed E-state index contributed by atoms with van der Waals surface area (Å²) in [4.78, 5) is 4.61. The molecule has 1 fully saturated rings. The standard InChI is InChI=1S/C15H26N4/c1-4-13-14(5-2)18-19-15(17-13)16-11(3)12-9-7-6-8-10-12/h11-12H,4-10H2,1-3H3,(H,16,17,19). The highest BCUT2D eigenvalue weighted by atomic mass is 15.2. The van der Waals surface area contributed by atoms with Gasteiger partial charge in [-0.25, -0.2) is 4.98 Å². The van der Waals surface area contributed by atoms with E-state index in [-0.39, 0.29) is 0 Å². The van der Waals surface area contributed by atoms with Crippen LogP contribution in [0.4, 0.5) is 5.95 Å². The lowest BCUT2D eigenvalue weighted by molar-refractivity contribution is 0.327. The van der Waals surface area contributed by atoms with Crippen LogP contribution in [0.1, 0.15) is 64.3 Å². The Hall–Kier alpha value is -1.19. The minimum atomic E-state index is 0.444. The van der Waals surface area contributed by atoms with Crippen molar-refractivity contribution in [3.8, 4) is 0 Å². The molecule has 0 bridgehead atoms. The monoisotopic (exact) mass is 262 g/mol. The number of aromatic nitrogens is 3. The maximum absolute atomic E-state index is 4.61. The Morgan fingerprint density at radius 1 is 1.05 bits per heavy atom. The van der Waals surface area contributed by atoms with Crippen LogP contribution in [0.5, 0.6) is 0 Å². The highest BCUT2D eigenvalue weighted by molar-refractivity contribution is 5.27. The van der Waals surface area contributed by atoms with Crippen molar-refractivity contribution in [1.82, 2.24) is 15.2 Å². The second-order valence-corrected chi connectivity index (χ2v) is 5.57. The van der Waals surface area contributed by atoms with E-state index in [0.29, 0.717) is 12.0 Å². The molecule has 19 heavy (non-hydrogen) atoms. The molecule has 1 heterocycles. The smallest absolute Gasteiger partial charge is 0.243 e. The van der Waals surface area contributed by atoms with Gasteiger partial charge in [-0.1, -0.05) is 33.1 Å². The molecule has 0 spiro atoms. The number of nitrogens with zero attached hydrogens (tertiary/aromatic N) is 3. The summed E-state index contributed by atoms with van der Waals surface area (Å²) in [5, 5.41) is 12.0. The summed E-state index contributed by atoms with van der Waals surface area (Å²) in [6.45, 7) is 6.47. The van der Waals surface area contributed by atoms with Gasteiger partial charge in [0.1, 0.15) is 0 Å². The molecular weight excluding hydrogens is 236 g/mol. The van der Waals surface area contributed by atoms with E-state index >= 15 is 0 Å². The second-order valence-electron chi connectivity index (χ2n) is 5.57. The van der Waals surface area contributed by atoms with Crippen LogP contribution in [0, 0.1) is 5.92 Å². The third-order valence-corrected chi connectivity index (χ3v) is 4.22. The van der Waals surface area contributed by atoms with Gasteiger partial charge in [0.2, 0.25) is 5.95 Å². The molecule has 1 aromatic rings. The van der Waals surface area contributed by atoms with Crippen LogP contribution < -0.4 is 5.32 Å². The van der Waals surface area contributed by atoms with E-state index in [4.69, 9.17) is 0 Å². The molecule has 1 saturated carbocycles. The summed E-state index contributed by atoms with van der Waals surface area (Å²) in [6, 6.07) is 0.444. The Kier molecular flexibility index (Phi) is 5.11. The fraction of sp³-hybridized carbons (Fsp3) is 0.800. The van der Waals surface area contributed by atoms with Crippen molar-refractivity contribution in [1.29, 1.82) is 0 Å². The molecule has 106 valence electrons. The van der Waals surface area contributed by atoms with Crippen molar-refractivity contribution in [3.05, 3.63) is 11.4 Å². The van der Waals surface area contributed by atoms with Crippen LogP contribution in [0.15, 0.2) is 0 Å². The molecule has 4 nitrogen and oxygen atoms in total. The van der Waals surface area contributed by atoms with Crippen LogP contribution in [0.2, 0.25) is 0 Å². The minimum Gasteiger partial charge on any atom is -0.350 e. The second kappa shape index (κ2) is 6.83. The summed E-state index contributed by atoms with van der Waals surface area (Å²) in [5.74, 6) is 1.46. The average Bonchev–Trinajstić information content (AvgIpc) is 2.48. The molecule has 4 heteroatoms. The number of hydrogen-bond acceptors (Lipinski definition) is 4. The van der Waals surface area contributed by atoms with Crippen LogP contribution in [0.25, 0.3) is 0 Å². The average molecular weight is 262 g/mol. The first kappa shape index (κ1) is 14.2. The van der Waals surface area contributed by atoms with Crippen LogP contribution in [-0.2, 0) is 12.8 Å². The van der Waals surface area contributed by atoms with Gasteiger partial charge in [-0.2, -0.15) is 5.10 Å². The Balaban J connectivity index is 2.01. The van der Waals surface area contributed by atoms with Gasteiger partial charge in [0.25, 0.3) is 0 Å². The number of hydrogen-bond donors (Lipinski definition) is 1. The molecule has 1 N–H and O–H groups in total. The van der Waals surface area contributed by atoms with Crippen molar-refractivity contribution in [3.63, 3.8) is 0 Å². The van der Waals surface area contributed by atoms with E-state index in [0.717, 1.165) is 30.1 Å². The zero-order chi connectivity index (χ0) is 13.7. The Bertz CT molecular complexity index is 399. The summed E-state index contributed by atoms with van der Waals surface area (Å²) in [7, 11) is 0. The number of rotatable bonds is 5. The lowest BCUT2D eigenvalue weighted by atomic mass is 9.85. The number of aryl methyl sites for hydroxylation is 2. The van der Waals surface area contributed by atoms with Crippen molar-refractivity contribution < 1.29 is 0 Å². The molecule has 1 aliphatic carbocycles. The molecular formula is C15H26N4. The summed E-state index contributed by atoms with van der Waals surface area (Å²) in [6.07, 6.45) is 8.61. The molecule has 1 unspecified atom stereocenters. The van der Waals surface area contributed by atoms with Gasteiger partial charge in [-0.15, -0.1) is 5.10 Å². The number of anilines is 1. The van der Waals surface area contributed by atoms with Gasteiger partial charge >= 0.3 is 0 Å². The van der Waals surface area contributed by atoms with E-state index in [9.17, 15) is 0 Å². The maximum Gasteiger partial charge on any atom is 0.243 e. The quantitative estimate of drug-likeness (QED) is 0.884. The Labute approximate surface area is 116 Å². The van der Waals surface area contributed by atoms with Crippen molar-refractivity contribution >= 4 is 5.95 Å². The largest absolute Gasteiger partial charge is 0.350 e. The van der Waals surface area contributed by atoms with Crippen molar-refractivity contribution in [2.75, 3.05) is 5.32 Å². The van der Waals surface area contributed by atoms with E-state index in [1.54, 1.807) is 0 Å². The molecule has 0 aliphatic heterocycles. The molecule has 1 aliphatic rings. The lowest BCUT2D eigenvalue weighted by Gasteiger charge is -2.28. The van der Waals surface area contributed by atoms with Gasteiger partial charge in [-0.05, 0) is 38.5 Å². The van der Waals surface area contributed by atoms with Crippen LogP contribution in [-0.4, -0.2) is 21.2 Å². The van der Waals surface area contributed by atoms with Crippen molar-refractivity contribution in [2.24, 2.45) is 5.92 Å². The zero-order valence-corrected chi connectivity index (χ0v) is 12.4. The lowest BCUT2D eigenvalue weighted by Crippen LogP contribution is -2.29. The van der Waals surface area contributed by atoms with Crippen molar-refractivity contribution in [2.45, 2.75) is 71.8 Å². The topological polar surface area (TPSA) is 50.7 Å². The zero-order valence-electron chi connectivity index (χ0n) is 12.4. The van der Waals surface area contributed by atoms with E-state index < -0.39 is 0 Å². The molecule has 0 saturated heterocycles. The van der Waals surface area contributed by atoms with Gasteiger partial charge in [0, 0.05) is 6.04 Å². The third-order valence-electron chi connectivity index (χ3n) is 4.22. The van der Waals surface area contributed by atoms with E-state index in [2.05, 4.69) is 41.3 Å². The Morgan fingerprint density at radius 2 is 1.74 bits per heavy atom. The first-order valence-electron chi connectivity index (χ1n) is 7.73. The van der Waals surface area contributed by atoms with Gasteiger partial charge in [-0.3, -0.25) is 0 Å². The molecule has 0 aromatic carbocycles. The van der Waals surface area contributed by atoms with Gasteiger partial charge in [0.05, 0.1) is 11.4 Å². The van der Waals surface area contributed by atoms with Crippen LogP contribution in [0.3, 0.4) is 0 Å². The third kappa shape index (κ3) is 3.64. The van der Waals surface area contributed by atoms with Gasteiger partial charge in [0.15, 0.2) is 0 Å². The fourth-order valence-corrected chi connectivity index (χ4v) is 2.95. The predicted molar refractivity (Wildman–Crippen MR) is 78.2 cm³/mol. The highest BCUT2D eigenvalue weighted by Crippen LogP contribution is 2.27. The minimum absolute atomic E-state index is 0.444. The first-order chi connectivity index (χ1) is 9.24. The predicted octanol–water partition coefficient (Wildman–Crippen LogP) is 3.38. The molecule has 1 aromatic heterocycles.